The number of thioether (sulfide) groups is 1. The minimum absolute atomic E-state index is 0.00524. The summed E-state index contributed by atoms with van der Waals surface area (Å²) in [5.74, 6) is 1.84. The van der Waals surface area contributed by atoms with E-state index in [4.69, 9.17) is 0 Å². The molecule has 1 heterocycles. The molecule has 0 spiro atoms. The van der Waals surface area contributed by atoms with E-state index in [0.717, 1.165) is 35.9 Å². The van der Waals surface area contributed by atoms with Gasteiger partial charge < -0.3 is 5.32 Å². The second-order valence-electron chi connectivity index (χ2n) is 8.60. The van der Waals surface area contributed by atoms with Gasteiger partial charge in [-0.1, -0.05) is 48.2 Å². The van der Waals surface area contributed by atoms with Gasteiger partial charge in [0.1, 0.15) is 5.82 Å². The molecular formula is C25H28N4OS. The predicted octanol–water partition coefficient (Wildman–Crippen LogP) is 4.99. The average molecular weight is 433 g/mol. The fourth-order valence-corrected chi connectivity index (χ4v) is 5.09. The van der Waals surface area contributed by atoms with E-state index in [1.54, 1.807) is 0 Å². The van der Waals surface area contributed by atoms with E-state index >= 15 is 0 Å². The molecule has 2 aromatic carbocycles. The maximum Gasteiger partial charge on any atom is 0.230 e. The first-order valence-electron chi connectivity index (χ1n) is 11.2. The smallest absolute Gasteiger partial charge is 0.230 e. The molecule has 2 aliphatic carbocycles. The zero-order valence-corrected chi connectivity index (χ0v) is 18.7. The second-order valence-corrected chi connectivity index (χ2v) is 9.54. The second kappa shape index (κ2) is 8.87. The molecule has 6 heteroatoms. The molecule has 1 atom stereocenters. The molecule has 1 amide bonds. The van der Waals surface area contributed by atoms with Gasteiger partial charge in [0.2, 0.25) is 5.91 Å². The average Bonchev–Trinajstić information content (AvgIpc) is 3.57. The Hall–Kier alpha value is -2.60. The zero-order valence-electron chi connectivity index (χ0n) is 17.9. The standard InChI is InChI=1S/C25H28N4OS/c1-17(20-14-11-18-7-5-6-8-21(18)15-20)26-23(30)16-31-25-28-27-24(19-12-13-19)29(25)22-9-3-2-4-10-22/h2-4,9-11,14-15,17,19H,5-8,12-13,16H2,1H3,(H,26,30)/t17-/m1/s1. The molecule has 0 bridgehead atoms. The monoisotopic (exact) mass is 432 g/mol. The summed E-state index contributed by atoms with van der Waals surface area (Å²) in [6.45, 7) is 2.06. The number of fused-ring (bicyclic) bond motifs is 1. The van der Waals surface area contributed by atoms with E-state index < -0.39 is 0 Å². The Bertz CT molecular complexity index is 1070. The van der Waals surface area contributed by atoms with Crippen molar-refractivity contribution in [2.24, 2.45) is 0 Å². The molecule has 1 fully saturated rings. The van der Waals surface area contributed by atoms with Crippen LogP contribution < -0.4 is 5.32 Å². The van der Waals surface area contributed by atoms with Gasteiger partial charge in [0.15, 0.2) is 5.16 Å². The Morgan fingerprint density at radius 3 is 2.65 bits per heavy atom. The Morgan fingerprint density at radius 1 is 1.10 bits per heavy atom. The van der Waals surface area contributed by atoms with Crippen LogP contribution in [0.3, 0.4) is 0 Å². The molecule has 0 radical (unpaired) electrons. The summed E-state index contributed by atoms with van der Waals surface area (Å²) < 4.78 is 2.11. The van der Waals surface area contributed by atoms with Crippen LogP contribution in [-0.4, -0.2) is 26.4 Å². The van der Waals surface area contributed by atoms with Crippen LogP contribution in [-0.2, 0) is 17.6 Å². The Morgan fingerprint density at radius 2 is 1.87 bits per heavy atom. The van der Waals surface area contributed by atoms with E-state index in [-0.39, 0.29) is 11.9 Å². The summed E-state index contributed by atoms with van der Waals surface area (Å²) in [6, 6.07) is 16.9. The molecule has 2 aliphatic rings. The number of carbonyl (C=O) groups is 1. The first-order valence-corrected chi connectivity index (χ1v) is 12.2. The Kier molecular flexibility index (Phi) is 5.81. The van der Waals surface area contributed by atoms with Gasteiger partial charge >= 0.3 is 0 Å². The normalized spacial score (nSPS) is 16.5. The fourth-order valence-electron chi connectivity index (χ4n) is 4.32. The highest BCUT2D eigenvalue weighted by Gasteiger charge is 2.31. The Labute approximate surface area is 187 Å². The summed E-state index contributed by atoms with van der Waals surface area (Å²) in [7, 11) is 0. The minimum Gasteiger partial charge on any atom is -0.349 e. The number of rotatable bonds is 7. The number of nitrogens with one attached hydrogen (secondary N) is 1. The van der Waals surface area contributed by atoms with Gasteiger partial charge in [-0.3, -0.25) is 9.36 Å². The van der Waals surface area contributed by atoms with Crippen LogP contribution in [0.4, 0.5) is 0 Å². The lowest BCUT2D eigenvalue weighted by molar-refractivity contribution is -0.119. The van der Waals surface area contributed by atoms with Crippen LogP contribution in [0.2, 0.25) is 0 Å². The summed E-state index contributed by atoms with van der Waals surface area (Å²) in [5.41, 5.74) is 5.15. The van der Waals surface area contributed by atoms with Crippen molar-refractivity contribution in [3.63, 3.8) is 0 Å². The van der Waals surface area contributed by atoms with Crippen molar-refractivity contribution in [2.75, 3.05) is 5.75 Å². The highest BCUT2D eigenvalue weighted by atomic mass is 32.2. The van der Waals surface area contributed by atoms with Gasteiger partial charge in [-0.25, -0.2) is 0 Å². The maximum atomic E-state index is 12.7. The third kappa shape index (κ3) is 4.54. The van der Waals surface area contributed by atoms with Crippen molar-refractivity contribution in [3.8, 4) is 5.69 Å². The minimum atomic E-state index is -0.00524. The van der Waals surface area contributed by atoms with Gasteiger partial charge in [0.25, 0.3) is 0 Å². The summed E-state index contributed by atoms with van der Waals surface area (Å²) in [5, 5.41) is 12.8. The van der Waals surface area contributed by atoms with Crippen LogP contribution in [0.15, 0.2) is 53.7 Å². The van der Waals surface area contributed by atoms with E-state index in [1.807, 2.05) is 18.2 Å². The molecule has 5 nitrogen and oxygen atoms in total. The number of hydrogen-bond acceptors (Lipinski definition) is 4. The van der Waals surface area contributed by atoms with Crippen LogP contribution in [0.1, 0.15) is 67.1 Å². The molecule has 0 saturated heterocycles. The molecule has 1 N–H and O–H groups in total. The third-order valence-electron chi connectivity index (χ3n) is 6.20. The molecule has 1 saturated carbocycles. The lowest BCUT2D eigenvalue weighted by Gasteiger charge is -2.20. The number of aryl methyl sites for hydroxylation is 2. The number of nitrogens with zero attached hydrogens (tertiary/aromatic N) is 3. The van der Waals surface area contributed by atoms with Gasteiger partial charge in [-0.2, -0.15) is 0 Å². The van der Waals surface area contributed by atoms with E-state index in [0.29, 0.717) is 11.7 Å². The summed E-state index contributed by atoms with van der Waals surface area (Å²) >= 11 is 1.45. The molecule has 160 valence electrons. The van der Waals surface area contributed by atoms with Crippen LogP contribution in [0, 0.1) is 0 Å². The number of amides is 1. The first-order chi connectivity index (χ1) is 15.2. The van der Waals surface area contributed by atoms with Crippen LogP contribution >= 0.6 is 11.8 Å². The van der Waals surface area contributed by atoms with Crippen LogP contribution in [0.5, 0.6) is 0 Å². The van der Waals surface area contributed by atoms with Gasteiger partial charge in [0, 0.05) is 11.6 Å². The molecular weight excluding hydrogens is 404 g/mol. The topological polar surface area (TPSA) is 59.8 Å². The molecule has 31 heavy (non-hydrogen) atoms. The molecule has 0 unspecified atom stereocenters. The van der Waals surface area contributed by atoms with Crippen molar-refractivity contribution in [3.05, 3.63) is 71.0 Å². The fraction of sp³-hybridized carbons (Fsp3) is 0.400. The number of para-hydroxylation sites is 1. The first kappa shape index (κ1) is 20.3. The lowest BCUT2D eigenvalue weighted by atomic mass is 9.89. The van der Waals surface area contributed by atoms with Crippen LogP contribution in [0.25, 0.3) is 5.69 Å². The molecule has 3 aromatic rings. The number of aromatic nitrogens is 3. The quantitative estimate of drug-likeness (QED) is 0.534. The predicted molar refractivity (Wildman–Crippen MR) is 124 cm³/mol. The Balaban J connectivity index is 1.25. The van der Waals surface area contributed by atoms with Crippen molar-refractivity contribution < 1.29 is 4.79 Å². The van der Waals surface area contributed by atoms with Gasteiger partial charge in [-0.05, 0) is 74.3 Å². The van der Waals surface area contributed by atoms with E-state index in [9.17, 15) is 4.79 Å². The lowest BCUT2D eigenvalue weighted by Crippen LogP contribution is -2.28. The summed E-state index contributed by atoms with van der Waals surface area (Å²) in [4.78, 5) is 12.7. The van der Waals surface area contributed by atoms with Gasteiger partial charge in [0.05, 0.1) is 11.8 Å². The number of hydrogen-bond donors (Lipinski definition) is 1. The molecule has 0 aliphatic heterocycles. The highest BCUT2D eigenvalue weighted by molar-refractivity contribution is 7.99. The summed E-state index contributed by atoms with van der Waals surface area (Å²) in [6.07, 6.45) is 7.20. The van der Waals surface area contributed by atoms with Crippen molar-refractivity contribution in [1.29, 1.82) is 0 Å². The van der Waals surface area contributed by atoms with Crippen molar-refractivity contribution >= 4 is 17.7 Å². The van der Waals surface area contributed by atoms with Crippen molar-refractivity contribution in [1.82, 2.24) is 20.1 Å². The highest BCUT2D eigenvalue weighted by Crippen LogP contribution is 2.41. The number of carbonyl (C=O) groups excluding carboxylic acids is 1. The maximum absolute atomic E-state index is 12.7. The number of benzene rings is 2. The van der Waals surface area contributed by atoms with E-state index in [2.05, 4.69) is 57.3 Å². The zero-order chi connectivity index (χ0) is 21.2. The third-order valence-corrected chi connectivity index (χ3v) is 7.13. The van der Waals surface area contributed by atoms with E-state index in [1.165, 1.54) is 47.7 Å². The molecule has 1 aromatic heterocycles. The SMILES string of the molecule is C[C@@H](NC(=O)CSc1nnc(C2CC2)n1-c1ccccc1)c1ccc2c(c1)CCCC2. The van der Waals surface area contributed by atoms with Crippen molar-refractivity contribution in [2.45, 2.75) is 62.6 Å². The molecule has 5 rings (SSSR count). The van der Waals surface area contributed by atoms with Gasteiger partial charge in [-0.15, -0.1) is 10.2 Å². The largest absolute Gasteiger partial charge is 0.349 e.